The Labute approximate surface area is 206 Å². The first-order valence-electron chi connectivity index (χ1n) is 11.6. The van der Waals surface area contributed by atoms with E-state index >= 15 is 0 Å². The molecule has 0 saturated heterocycles. The second kappa shape index (κ2) is 8.27. The molecule has 0 aliphatic heterocycles. The highest BCUT2D eigenvalue weighted by atomic mass is 16.5. The summed E-state index contributed by atoms with van der Waals surface area (Å²) in [6, 6.07) is 19.1. The number of imidazole rings is 1. The lowest BCUT2D eigenvalue weighted by Gasteiger charge is -2.17. The van der Waals surface area contributed by atoms with Crippen molar-refractivity contribution in [1.29, 1.82) is 0 Å². The predicted molar refractivity (Wildman–Crippen MR) is 141 cm³/mol. The number of hydrogen-bond donors (Lipinski definition) is 0. The molecule has 0 unspecified atom stereocenters. The van der Waals surface area contributed by atoms with E-state index in [0.717, 1.165) is 22.1 Å². The molecule has 8 nitrogen and oxygen atoms in total. The van der Waals surface area contributed by atoms with Crippen molar-refractivity contribution in [3.8, 4) is 28.6 Å². The van der Waals surface area contributed by atoms with E-state index in [1.165, 1.54) is 0 Å². The van der Waals surface area contributed by atoms with Crippen LogP contribution in [-0.4, -0.2) is 40.3 Å². The molecule has 36 heavy (non-hydrogen) atoms. The largest absolute Gasteiger partial charge is 0.493 e. The van der Waals surface area contributed by atoms with Gasteiger partial charge in [-0.1, -0.05) is 24.3 Å². The first-order chi connectivity index (χ1) is 17.6. The van der Waals surface area contributed by atoms with Gasteiger partial charge >= 0.3 is 0 Å². The number of fused-ring (bicyclic) bond motifs is 6. The highest BCUT2D eigenvalue weighted by Crippen LogP contribution is 2.41. The van der Waals surface area contributed by atoms with Crippen LogP contribution >= 0.6 is 0 Å². The normalized spacial score (nSPS) is 11.6. The Balaban J connectivity index is 1.87. The Morgan fingerprint density at radius 1 is 0.806 bits per heavy atom. The van der Waals surface area contributed by atoms with Crippen LogP contribution in [0, 0.1) is 0 Å². The van der Waals surface area contributed by atoms with Gasteiger partial charge in [0, 0.05) is 17.5 Å². The first-order valence-corrected chi connectivity index (χ1v) is 11.6. The molecule has 0 atom stereocenters. The first kappa shape index (κ1) is 21.9. The molecular formula is C28H24N4O4. The summed E-state index contributed by atoms with van der Waals surface area (Å²) in [5.74, 6) is 2.13. The van der Waals surface area contributed by atoms with Gasteiger partial charge in [0.1, 0.15) is 11.2 Å². The molecule has 0 amide bonds. The summed E-state index contributed by atoms with van der Waals surface area (Å²) in [5, 5.41) is 1.13. The molecule has 8 heteroatoms. The molecule has 0 bridgehead atoms. The molecule has 0 saturated carbocycles. The van der Waals surface area contributed by atoms with Gasteiger partial charge < -0.3 is 18.8 Å². The number of para-hydroxylation sites is 3. The fourth-order valence-electron chi connectivity index (χ4n) is 4.99. The number of nitrogens with zero attached hydrogens (tertiary/aromatic N) is 4. The maximum Gasteiger partial charge on any atom is 0.203 e. The minimum Gasteiger partial charge on any atom is -0.493 e. The molecule has 3 aromatic carbocycles. The summed E-state index contributed by atoms with van der Waals surface area (Å²) in [6.07, 6.45) is 0. The van der Waals surface area contributed by atoms with Gasteiger partial charge in [-0.2, -0.15) is 0 Å². The maximum atomic E-state index is 13.8. The molecule has 3 aromatic heterocycles. The Hall–Kier alpha value is -4.59. The summed E-state index contributed by atoms with van der Waals surface area (Å²) in [7, 11) is 4.73. The van der Waals surface area contributed by atoms with E-state index in [9.17, 15) is 4.79 Å². The van der Waals surface area contributed by atoms with Crippen LogP contribution in [-0.2, 0) is 6.54 Å². The van der Waals surface area contributed by atoms with Crippen LogP contribution in [0.5, 0.6) is 17.2 Å². The quantitative estimate of drug-likeness (QED) is 0.321. The minimum atomic E-state index is -0.0884. The third kappa shape index (κ3) is 2.97. The molecular weight excluding hydrogens is 456 g/mol. The lowest BCUT2D eigenvalue weighted by molar-refractivity contribution is 0.324. The highest BCUT2D eigenvalue weighted by molar-refractivity contribution is 6.02. The highest BCUT2D eigenvalue weighted by Gasteiger charge is 2.23. The maximum absolute atomic E-state index is 13.8. The Bertz CT molecular complexity index is 1840. The molecule has 3 heterocycles. The number of hydrogen-bond acceptors (Lipinski definition) is 6. The SMILES string of the molecule is CCn1c2ccccc2c(=O)c2c1nc(-c1cc(OC)c(OC)c(OC)c1)n1c3ccccc3nc21. The minimum absolute atomic E-state index is 0.0884. The number of benzene rings is 3. The zero-order chi connectivity index (χ0) is 25.0. The third-order valence-electron chi connectivity index (χ3n) is 6.59. The number of ether oxygens (including phenoxy) is 3. The van der Waals surface area contributed by atoms with E-state index in [-0.39, 0.29) is 5.43 Å². The summed E-state index contributed by atoms with van der Waals surface area (Å²) in [5.41, 5.74) is 4.24. The summed E-state index contributed by atoms with van der Waals surface area (Å²) in [4.78, 5) is 23.8. The summed E-state index contributed by atoms with van der Waals surface area (Å²) < 4.78 is 20.8. The van der Waals surface area contributed by atoms with E-state index in [1.807, 2.05) is 72.0 Å². The van der Waals surface area contributed by atoms with Crippen molar-refractivity contribution in [2.24, 2.45) is 0 Å². The zero-order valence-electron chi connectivity index (χ0n) is 20.4. The molecule has 6 rings (SSSR count). The number of methoxy groups -OCH3 is 3. The van der Waals surface area contributed by atoms with Gasteiger partial charge in [0.2, 0.25) is 11.2 Å². The van der Waals surface area contributed by atoms with E-state index in [4.69, 9.17) is 24.2 Å². The average molecular weight is 481 g/mol. The lowest BCUT2D eigenvalue weighted by atomic mass is 10.1. The predicted octanol–water partition coefficient (Wildman–Crippen LogP) is 5.06. The van der Waals surface area contributed by atoms with Crippen molar-refractivity contribution in [3.63, 3.8) is 0 Å². The van der Waals surface area contributed by atoms with Crippen molar-refractivity contribution in [1.82, 2.24) is 18.9 Å². The second-order valence-electron chi connectivity index (χ2n) is 8.40. The van der Waals surface area contributed by atoms with E-state index in [0.29, 0.717) is 51.7 Å². The van der Waals surface area contributed by atoms with E-state index < -0.39 is 0 Å². The number of pyridine rings is 1. The zero-order valence-corrected chi connectivity index (χ0v) is 20.4. The lowest BCUT2D eigenvalue weighted by Crippen LogP contribution is -2.15. The molecule has 0 radical (unpaired) electrons. The van der Waals surface area contributed by atoms with Gasteiger partial charge in [-0.05, 0) is 43.3 Å². The Morgan fingerprint density at radius 2 is 1.47 bits per heavy atom. The number of aryl methyl sites for hydroxylation is 1. The van der Waals surface area contributed by atoms with Crippen LogP contribution in [0.25, 0.3) is 50.0 Å². The van der Waals surface area contributed by atoms with Crippen molar-refractivity contribution in [2.75, 3.05) is 21.3 Å². The Morgan fingerprint density at radius 3 is 2.14 bits per heavy atom. The average Bonchev–Trinajstić information content (AvgIpc) is 3.31. The van der Waals surface area contributed by atoms with Crippen molar-refractivity contribution in [2.45, 2.75) is 13.5 Å². The Kier molecular flexibility index (Phi) is 5.03. The van der Waals surface area contributed by atoms with Gasteiger partial charge in [0.05, 0.1) is 37.9 Å². The molecule has 0 spiro atoms. The van der Waals surface area contributed by atoms with Crippen LogP contribution in [0.1, 0.15) is 6.92 Å². The van der Waals surface area contributed by atoms with Crippen LogP contribution < -0.4 is 19.6 Å². The fraction of sp³-hybridized carbons (Fsp3) is 0.179. The van der Waals surface area contributed by atoms with Gasteiger partial charge in [0.25, 0.3) is 0 Å². The van der Waals surface area contributed by atoms with Gasteiger partial charge in [0.15, 0.2) is 22.8 Å². The summed E-state index contributed by atoms with van der Waals surface area (Å²) in [6.45, 7) is 2.68. The molecule has 0 aliphatic rings. The number of rotatable bonds is 5. The van der Waals surface area contributed by atoms with Crippen LogP contribution in [0.4, 0.5) is 0 Å². The monoisotopic (exact) mass is 480 g/mol. The van der Waals surface area contributed by atoms with Gasteiger partial charge in [-0.15, -0.1) is 0 Å². The smallest absolute Gasteiger partial charge is 0.203 e. The van der Waals surface area contributed by atoms with Crippen LogP contribution in [0.15, 0.2) is 65.5 Å². The van der Waals surface area contributed by atoms with Crippen molar-refractivity contribution in [3.05, 3.63) is 70.9 Å². The van der Waals surface area contributed by atoms with Crippen molar-refractivity contribution < 1.29 is 14.2 Å². The third-order valence-corrected chi connectivity index (χ3v) is 6.59. The summed E-state index contributed by atoms with van der Waals surface area (Å²) >= 11 is 0. The van der Waals surface area contributed by atoms with Crippen molar-refractivity contribution >= 4 is 38.6 Å². The van der Waals surface area contributed by atoms with Crippen LogP contribution in [0.3, 0.4) is 0 Å². The number of aromatic nitrogens is 4. The molecule has 6 aromatic rings. The fourth-order valence-corrected chi connectivity index (χ4v) is 4.99. The molecule has 180 valence electrons. The molecule has 0 N–H and O–H groups in total. The standard InChI is InChI=1S/C28H24N4O4/c1-5-31-19-12-8-6-10-17(19)24(33)23-27(31)30-26(32-20-13-9-7-11-18(20)29-28(23)32)16-14-21(34-2)25(36-4)22(15-16)35-3/h6-15H,5H2,1-4H3. The van der Waals surface area contributed by atoms with E-state index in [2.05, 4.69) is 4.57 Å². The molecule has 0 aliphatic carbocycles. The topological polar surface area (TPSA) is 79.9 Å². The molecule has 0 fully saturated rings. The second-order valence-corrected chi connectivity index (χ2v) is 8.40. The van der Waals surface area contributed by atoms with Gasteiger partial charge in [-0.3, -0.25) is 9.20 Å². The van der Waals surface area contributed by atoms with E-state index in [1.54, 1.807) is 21.3 Å². The van der Waals surface area contributed by atoms with Gasteiger partial charge in [-0.25, -0.2) is 9.97 Å². The van der Waals surface area contributed by atoms with Crippen LogP contribution in [0.2, 0.25) is 0 Å².